The second-order valence-electron chi connectivity index (χ2n) is 11.1. The van der Waals surface area contributed by atoms with E-state index in [4.69, 9.17) is 0 Å². The van der Waals surface area contributed by atoms with E-state index in [-0.39, 0.29) is 19.5 Å². The summed E-state index contributed by atoms with van der Waals surface area (Å²) in [6.45, 7) is -0.348. The number of hydrogen-bond acceptors (Lipinski definition) is 6. The van der Waals surface area contributed by atoms with Gasteiger partial charge >= 0.3 is 0 Å². The summed E-state index contributed by atoms with van der Waals surface area (Å²) >= 11 is 0. The maximum atomic E-state index is 14.5. The summed E-state index contributed by atoms with van der Waals surface area (Å²) in [5, 5.41) is 13.6. The molecule has 0 spiro atoms. The molecule has 2 heterocycles. The van der Waals surface area contributed by atoms with Gasteiger partial charge in [-0.3, -0.25) is 4.79 Å². The fraction of sp³-hybridized carbons (Fsp3) is 0.333. The number of nitrogens with one attached hydrogen (secondary N) is 1. The van der Waals surface area contributed by atoms with Crippen molar-refractivity contribution in [3.8, 4) is 11.4 Å². The number of rotatable bonds is 8. The number of anilines is 1. The van der Waals surface area contributed by atoms with Gasteiger partial charge in [-0.1, -0.05) is 43.5 Å². The summed E-state index contributed by atoms with van der Waals surface area (Å²) < 4.78 is 97.5. The number of benzene rings is 3. The Hall–Kier alpha value is -4.24. The molecule has 6 rings (SSSR count). The Morgan fingerprint density at radius 1 is 0.844 bits per heavy atom. The van der Waals surface area contributed by atoms with E-state index in [9.17, 15) is 35.2 Å². The molecule has 3 aromatic carbocycles. The van der Waals surface area contributed by atoms with Gasteiger partial charge in [-0.2, -0.15) is 4.31 Å². The first-order valence-electron chi connectivity index (χ1n) is 14.4. The molecule has 4 aromatic rings. The summed E-state index contributed by atoms with van der Waals surface area (Å²) in [4.78, 5) is 13.3. The third kappa shape index (κ3) is 5.70. The lowest BCUT2D eigenvalue weighted by Gasteiger charge is -2.41. The number of H-pyrrole nitrogens is 1. The minimum Gasteiger partial charge on any atom is -0.307 e. The third-order valence-electron chi connectivity index (χ3n) is 8.45. The van der Waals surface area contributed by atoms with Gasteiger partial charge in [-0.05, 0) is 71.0 Å². The van der Waals surface area contributed by atoms with Crippen LogP contribution in [-0.4, -0.2) is 51.8 Å². The molecule has 1 aromatic heterocycles. The van der Waals surface area contributed by atoms with E-state index in [2.05, 4.69) is 20.6 Å². The molecule has 1 aliphatic carbocycles. The van der Waals surface area contributed by atoms with Crippen molar-refractivity contribution in [2.24, 2.45) is 0 Å². The number of tetrazole rings is 1. The Kier molecular flexibility index (Phi) is 8.39. The Morgan fingerprint density at radius 3 is 2.02 bits per heavy atom. The van der Waals surface area contributed by atoms with E-state index >= 15 is 0 Å². The number of hydrogen-bond donors (Lipinski definition) is 1. The molecule has 1 saturated heterocycles. The largest absolute Gasteiger partial charge is 0.307 e. The predicted molar refractivity (Wildman–Crippen MR) is 152 cm³/mol. The first-order valence-corrected chi connectivity index (χ1v) is 15.8. The van der Waals surface area contributed by atoms with Crippen LogP contribution in [0, 0.1) is 29.1 Å². The highest BCUT2D eigenvalue weighted by molar-refractivity contribution is 7.89. The molecule has 2 fully saturated rings. The zero-order chi connectivity index (χ0) is 31.9. The van der Waals surface area contributed by atoms with Crippen molar-refractivity contribution in [2.45, 2.75) is 61.9 Å². The van der Waals surface area contributed by atoms with Gasteiger partial charge in [0.25, 0.3) is 0 Å². The molecule has 236 valence electrons. The van der Waals surface area contributed by atoms with Gasteiger partial charge in [0.2, 0.25) is 21.7 Å². The number of carbonyl (C=O) groups is 1. The zero-order valence-electron chi connectivity index (χ0n) is 23.7. The average molecular weight is 647 g/mol. The molecule has 15 heteroatoms. The quantitative estimate of drug-likeness (QED) is 0.151. The fourth-order valence-corrected chi connectivity index (χ4v) is 7.64. The van der Waals surface area contributed by atoms with Crippen LogP contribution >= 0.6 is 0 Å². The van der Waals surface area contributed by atoms with E-state index < -0.39 is 56.0 Å². The van der Waals surface area contributed by atoms with Gasteiger partial charge in [0.05, 0.1) is 6.54 Å². The SMILES string of the molecule is O=C([C@H]1CCN1S(=O)(=O)c1c(F)c(F)c(F)c(F)c1F)N(Cc1ccc(C2CCCCC2)cc1)c1ccc(-c2nnn[nH]2)cc1. The summed E-state index contributed by atoms with van der Waals surface area (Å²) in [6.07, 6.45) is 5.72. The number of halogens is 5. The van der Waals surface area contributed by atoms with Crippen molar-refractivity contribution < 1.29 is 35.2 Å². The number of carbonyl (C=O) groups excluding carboxylic acids is 1. The molecule has 1 saturated carbocycles. The van der Waals surface area contributed by atoms with Crippen LogP contribution < -0.4 is 4.90 Å². The Balaban J connectivity index is 1.31. The standard InChI is InChI=1S/C30H27F5N6O3S/c31-23-24(32)26(34)28(27(35)25(23)33)45(43,44)41-15-14-22(41)30(42)40(21-12-10-20(11-13-21)29-36-38-39-37-29)16-17-6-8-19(9-7-17)18-4-2-1-3-5-18/h6-13,18,22H,1-5,14-16H2,(H,36,37,38,39)/t22-/m1/s1. The van der Waals surface area contributed by atoms with Gasteiger partial charge in [0.1, 0.15) is 6.04 Å². The van der Waals surface area contributed by atoms with Crippen LogP contribution in [0.5, 0.6) is 0 Å². The molecule has 2 aliphatic rings. The number of aromatic nitrogens is 4. The number of nitrogens with zero attached hydrogens (tertiary/aromatic N) is 5. The van der Waals surface area contributed by atoms with Crippen molar-refractivity contribution in [2.75, 3.05) is 11.4 Å². The molecule has 9 nitrogen and oxygen atoms in total. The van der Waals surface area contributed by atoms with E-state index in [0.29, 0.717) is 27.3 Å². The predicted octanol–water partition coefficient (Wildman–Crippen LogP) is 5.61. The van der Waals surface area contributed by atoms with Crippen LogP contribution in [0.3, 0.4) is 0 Å². The number of amides is 1. The highest BCUT2D eigenvalue weighted by Gasteiger charge is 2.48. The number of aromatic amines is 1. The summed E-state index contributed by atoms with van der Waals surface area (Å²) in [5.74, 6) is -12.2. The van der Waals surface area contributed by atoms with Crippen molar-refractivity contribution in [1.82, 2.24) is 24.9 Å². The van der Waals surface area contributed by atoms with Crippen LogP contribution in [0.1, 0.15) is 55.6 Å². The minimum absolute atomic E-state index is 0.0138. The van der Waals surface area contributed by atoms with Gasteiger partial charge in [0, 0.05) is 17.8 Å². The Bertz CT molecular complexity index is 1790. The summed E-state index contributed by atoms with van der Waals surface area (Å²) in [5.41, 5.74) is 2.90. The van der Waals surface area contributed by atoms with E-state index in [1.54, 1.807) is 24.3 Å². The first kappa shape index (κ1) is 30.8. The maximum absolute atomic E-state index is 14.5. The second kappa shape index (κ2) is 12.3. The van der Waals surface area contributed by atoms with Crippen LogP contribution in [0.15, 0.2) is 53.4 Å². The summed E-state index contributed by atoms with van der Waals surface area (Å²) in [6, 6.07) is 12.9. The van der Waals surface area contributed by atoms with Gasteiger partial charge in [-0.25, -0.2) is 35.5 Å². The van der Waals surface area contributed by atoms with Crippen LogP contribution in [0.4, 0.5) is 27.6 Å². The van der Waals surface area contributed by atoms with E-state index in [0.717, 1.165) is 18.4 Å². The molecular weight excluding hydrogens is 619 g/mol. The summed E-state index contributed by atoms with van der Waals surface area (Å²) in [7, 11) is -5.30. The van der Waals surface area contributed by atoms with Crippen LogP contribution in [0.25, 0.3) is 11.4 Å². The molecule has 0 bridgehead atoms. The van der Waals surface area contributed by atoms with Crippen molar-refractivity contribution in [3.63, 3.8) is 0 Å². The fourth-order valence-electron chi connectivity index (χ4n) is 5.90. The average Bonchev–Trinajstić information content (AvgIpc) is 3.57. The zero-order valence-corrected chi connectivity index (χ0v) is 24.5. The third-order valence-corrected chi connectivity index (χ3v) is 10.4. The van der Waals surface area contributed by atoms with Crippen molar-refractivity contribution in [3.05, 3.63) is 88.7 Å². The highest BCUT2D eigenvalue weighted by Crippen LogP contribution is 2.36. The van der Waals surface area contributed by atoms with Gasteiger partial charge in [0.15, 0.2) is 34.0 Å². The highest BCUT2D eigenvalue weighted by atomic mass is 32.2. The molecule has 0 unspecified atom stereocenters. The number of sulfonamides is 1. The van der Waals surface area contributed by atoms with Crippen molar-refractivity contribution in [1.29, 1.82) is 0 Å². The van der Waals surface area contributed by atoms with E-state index in [1.165, 1.54) is 29.7 Å². The lowest BCUT2D eigenvalue weighted by Crippen LogP contribution is -2.59. The van der Waals surface area contributed by atoms with E-state index in [1.807, 2.05) is 24.3 Å². The molecule has 1 N–H and O–H groups in total. The topological polar surface area (TPSA) is 112 Å². The molecule has 1 amide bonds. The van der Waals surface area contributed by atoms with Crippen LogP contribution in [-0.2, 0) is 21.4 Å². The Labute approximate surface area is 255 Å². The second-order valence-corrected chi connectivity index (χ2v) is 12.9. The lowest BCUT2D eigenvalue weighted by molar-refractivity contribution is -0.125. The normalized spacial score (nSPS) is 17.7. The van der Waals surface area contributed by atoms with Crippen LogP contribution in [0.2, 0.25) is 0 Å². The molecule has 45 heavy (non-hydrogen) atoms. The smallest absolute Gasteiger partial charge is 0.249 e. The van der Waals surface area contributed by atoms with Gasteiger partial charge < -0.3 is 4.90 Å². The van der Waals surface area contributed by atoms with Crippen molar-refractivity contribution >= 4 is 21.6 Å². The lowest BCUT2D eigenvalue weighted by atomic mass is 9.84. The molecule has 1 aliphatic heterocycles. The maximum Gasteiger partial charge on any atom is 0.249 e. The van der Waals surface area contributed by atoms with Gasteiger partial charge in [-0.15, -0.1) is 5.10 Å². The molecule has 1 atom stereocenters. The molecular formula is C30H27F5N6O3S. The molecule has 0 radical (unpaired) electrons. The minimum atomic E-state index is -5.30. The Morgan fingerprint density at radius 2 is 1.47 bits per heavy atom. The monoisotopic (exact) mass is 646 g/mol. The first-order chi connectivity index (χ1) is 21.6.